The van der Waals surface area contributed by atoms with E-state index in [1.54, 1.807) is 6.33 Å². The highest BCUT2D eigenvalue weighted by molar-refractivity contribution is 4.97. The second kappa shape index (κ2) is 5.98. The van der Waals surface area contributed by atoms with Crippen LogP contribution in [0.3, 0.4) is 0 Å². The normalized spacial score (nSPS) is 32.7. The van der Waals surface area contributed by atoms with Crippen molar-refractivity contribution < 1.29 is 4.74 Å². The molecule has 5 unspecified atom stereocenters. The molecule has 6 nitrogen and oxygen atoms in total. The van der Waals surface area contributed by atoms with Crippen LogP contribution < -0.4 is 11.3 Å². The number of ether oxygens (including phenoxy) is 1. The fraction of sp³-hybridized carbons (Fsp3) is 0.846. The summed E-state index contributed by atoms with van der Waals surface area (Å²) in [6.45, 7) is 9.38. The third kappa shape index (κ3) is 2.80. The molecule has 1 aliphatic rings. The molecule has 6 heteroatoms. The number of nitrogens with one attached hydrogen (secondary N) is 1. The van der Waals surface area contributed by atoms with Crippen molar-refractivity contribution in [2.75, 3.05) is 0 Å². The number of aryl methyl sites for hydroxylation is 1. The van der Waals surface area contributed by atoms with E-state index in [4.69, 9.17) is 10.6 Å². The largest absolute Gasteiger partial charge is 0.375 e. The van der Waals surface area contributed by atoms with Gasteiger partial charge in [0.15, 0.2) is 0 Å². The first-order valence-corrected chi connectivity index (χ1v) is 7.06. The average molecular weight is 267 g/mol. The van der Waals surface area contributed by atoms with Crippen LogP contribution in [0.15, 0.2) is 6.33 Å². The lowest BCUT2D eigenvalue weighted by atomic mass is 9.82. The number of nitrogens with two attached hydrogens (primary N) is 1. The van der Waals surface area contributed by atoms with Crippen LogP contribution in [-0.2, 0) is 17.7 Å². The van der Waals surface area contributed by atoms with E-state index in [9.17, 15) is 0 Å². The van der Waals surface area contributed by atoms with Crippen LogP contribution in [-0.4, -0.2) is 33.0 Å². The van der Waals surface area contributed by atoms with E-state index in [2.05, 4.69) is 43.2 Å². The van der Waals surface area contributed by atoms with Crippen molar-refractivity contribution in [3.05, 3.63) is 12.2 Å². The molecule has 1 saturated heterocycles. The number of hydrogen-bond donors (Lipinski definition) is 2. The van der Waals surface area contributed by atoms with Gasteiger partial charge in [-0.25, -0.2) is 4.98 Å². The highest BCUT2D eigenvalue weighted by Crippen LogP contribution is 2.35. The van der Waals surface area contributed by atoms with E-state index in [1.807, 2.05) is 4.68 Å². The minimum atomic E-state index is 0.157. The average Bonchev–Trinajstić information content (AvgIpc) is 2.93. The zero-order chi connectivity index (χ0) is 14.0. The quantitative estimate of drug-likeness (QED) is 0.607. The molecule has 0 aromatic carbocycles. The van der Waals surface area contributed by atoms with Gasteiger partial charge in [0.2, 0.25) is 0 Å². The summed E-state index contributed by atoms with van der Waals surface area (Å²) in [7, 11) is 0. The summed E-state index contributed by atoms with van der Waals surface area (Å²) in [5, 5.41) is 4.21. The summed E-state index contributed by atoms with van der Waals surface area (Å²) in [5.74, 6) is 7.62. The Kier molecular flexibility index (Phi) is 4.54. The summed E-state index contributed by atoms with van der Waals surface area (Å²) >= 11 is 0. The minimum Gasteiger partial charge on any atom is -0.375 e. The Labute approximate surface area is 114 Å². The van der Waals surface area contributed by atoms with Crippen LogP contribution in [0.2, 0.25) is 0 Å². The maximum absolute atomic E-state index is 5.91. The molecular weight excluding hydrogens is 242 g/mol. The van der Waals surface area contributed by atoms with Crippen molar-refractivity contribution >= 4 is 0 Å². The van der Waals surface area contributed by atoms with Gasteiger partial charge >= 0.3 is 0 Å². The summed E-state index contributed by atoms with van der Waals surface area (Å²) < 4.78 is 7.82. The standard InChI is InChI=1S/C13H25N5O/c1-5-18-12(15-7-16-18)6-11(17-14)13-8(2)9(3)19-10(13)4/h7-11,13,17H,5-6,14H2,1-4H3. The number of hydrogen-bond acceptors (Lipinski definition) is 5. The Hall–Kier alpha value is -0.980. The number of rotatable bonds is 5. The molecule has 1 aromatic rings. The lowest BCUT2D eigenvalue weighted by Gasteiger charge is -2.28. The molecule has 0 bridgehead atoms. The van der Waals surface area contributed by atoms with Gasteiger partial charge in [-0.3, -0.25) is 16.0 Å². The third-order valence-electron chi connectivity index (χ3n) is 4.40. The van der Waals surface area contributed by atoms with Gasteiger partial charge in [-0.15, -0.1) is 0 Å². The predicted octanol–water partition coefficient (Wildman–Crippen LogP) is 0.732. The van der Waals surface area contributed by atoms with Crippen LogP contribution in [0, 0.1) is 11.8 Å². The minimum absolute atomic E-state index is 0.157. The molecule has 0 radical (unpaired) electrons. The zero-order valence-corrected chi connectivity index (χ0v) is 12.2. The molecule has 0 spiro atoms. The van der Waals surface area contributed by atoms with Gasteiger partial charge in [-0.05, 0) is 26.7 Å². The molecule has 2 heterocycles. The molecule has 0 saturated carbocycles. The van der Waals surface area contributed by atoms with E-state index in [0.29, 0.717) is 11.8 Å². The topological polar surface area (TPSA) is 78.0 Å². The second-order valence-electron chi connectivity index (χ2n) is 5.45. The SMILES string of the molecule is CCn1ncnc1CC(NN)C1C(C)OC(C)C1C. The molecule has 0 aliphatic carbocycles. The molecule has 5 atom stereocenters. The smallest absolute Gasteiger partial charge is 0.138 e. The summed E-state index contributed by atoms with van der Waals surface area (Å²) in [6.07, 6.45) is 2.87. The van der Waals surface area contributed by atoms with Crippen LogP contribution in [0.1, 0.15) is 33.5 Å². The van der Waals surface area contributed by atoms with Gasteiger partial charge in [-0.1, -0.05) is 6.92 Å². The second-order valence-corrected chi connectivity index (χ2v) is 5.45. The summed E-state index contributed by atoms with van der Waals surface area (Å²) in [4.78, 5) is 4.33. The number of aromatic nitrogens is 3. The van der Waals surface area contributed by atoms with Crippen molar-refractivity contribution in [3.63, 3.8) is 0 Å². The molecule has 1 aromatic heterocycles. The van der Waals surface area contributed by atoms with Crippen molar-refractivity contribution in [1.29, 1.82) is 0 Å². The molecule has 1 fully saturated rings. The first-order chi connectivity index (χ1) is 9.08. The van der Waals surface area contributed by atoms with E-state index in [0.717, 1.165) is 18.8 Å². The highest BCUT2D eigenvalue weighted by Gasteiger charge is 2.41. The van der Waals surface area contributed by atoms with E-state index in [-0.39, 0.29) is 18.2 Å². The fourth-order valence-corrected chi connectivity index (χ4v) is 3.20. The first kappa shape index (κ1) is 14.4. The number of hydrazine groups is 1. The van der Waals surface area contributed by atoms with Gasteiger partial charge in [-0.2, -0.15) is 5.10 Å². The molecule has 1 aliphatic heterocycles. The Bertz CT molecular complexity index is 407. The molecule has 108 valence electrons. The Morgan fingerprint density at radius 1 is 1.42 bits per heavy atom. The van der Waals surface area contributed by atoms with Gasteiger partial charge < -0.3 is 4.74 Å². The number of nitrogens with zero attached hydrogens (tertiary/aromatic N) is 3. The summed E-state index contributed by atoms with van der Waals surface area (Å²) in [5.41, 5.74) is 2.95. The lowest BCUT2D eigenvalue weighted by Crippen LogP contribution is -2.47. The maximum atomic E-state index is 5.91. The van der Waals surface area contributed by atoms with Crippen LogP contribution in [0.5, 0.6) is 0 Å². The van der Waals surface area contributed by atoms with E-state index in [1.165, 1.54) is 0 Å². The zero-order valence-electron chi connectivity index (χ0n) is 12.2. The highest BCUT2D eigenvalue weighted by atomic mass is 16.5. The molecule has 3 N–H and O–H groups in total. The Morgan fingerprint density at radius 3 is 2.68 bits per heavy atom. The molecule has 19 heavy (non-hydrogen) atoms. The van der Waals surface area contributed by atoms with Gasteiger partial charge in [0.1, 0.15) is 12.2 Å². The third-order valence-corrected chi connectivity index (χ3v) is 4.40. The van der Waals surface area contributed by atoms with Crippen molar-refractivity contribution in [1.82, 2.24) is 20.2 Å². The van der Waals surface area contributed by atoms with Crippen molar-refractivity contribution in [3.8, 4) is 0 Å². The predicted molar refractivity (Wildman–Crippen MR) is 73.2 cm³/mol. The van der Waals surface area contributed by atoms with E-state index < -0.39 is 0 Å². The van der Waals surface area contributed by atoms with E-state index >= 15 is 0 Å². The fourth-order valence-electron chi connectivity index (χ4n) is 3.20. The van der Waals surface area contributed by atoms with Gasteiger partial charge in [0.25, 0.3) is 0 Å². The first-order valence-electron chi connectivity index (χ1n) is 7.06. The van der Waals surface area contributed by atoms with Crippen LogP contribution in [0.25, 0.3) is 0 Å². The van der Waals surface area contributed by atoms with Crippen molar-refractivity contribution in [2.24, 2.45) is 17.7 Å². The maximum Gasteiger partial charge on any atom is 0.138 e. The van der Waals surface area contributed by atoms with Crippen molar-refractivity contribution in [2.45, 2.75) is 58.9 Å². The molecule has 2 rings (SSSR count). The monoisotopic (exact) mass is 267 g/mol. The van der Waals surface area contributed by atoms with Crippen LogP contribution in [0.4, 0.5) is 0 Å². The Morgan fingerprint density at radius 2 is 2.16 bits per heavy atom. The molecular formula is C13H25N5O. The molecule has 0 amide bonds. The summed E-state index contributed by atoms with van der Waals surface area (Å²) in [6, 6.07) is 0.157. The van der Waals surface area contributed by atoms with Gasteiger partial charge in [0.05, 0.1) is 12.2 Å². The van der Waals surface area contributed by atoms with Gasteiger partial charge in [0, 0.05) is 24.9 Å². The Balaban J connectivity index is 2.12. The lowest BCUT2D eigenvalue weighted by molar-refractivity contribution is 0.0474. The van der Waals surface area contributed by atoms with Crippen LogP contribution >= 0.6 is 0 Å².